The molecular formula is C40H41FN2O9. The molecule has 0 radical (unpaired) electrons. The molecule has 0 heterocycles. The smallest absolute Gasteiger partial charge is 0.338 e. The van der Waals surface area contributed by atoms with Crippen LogP contribution in [0.5, 0.6) is 17.2 Å². The van der Waals surface area contributed by atoms with Crippen LogP contribution in [0, 0.1) is 5.82 Å². The second-order valence-corrected chi connectivity index (χ2v) is 12.1. The lowest BCUT2D eigenvalue weighted by molar-refractivity contribution is 0.0517. The number of carbonyl (C=O) groups excluding carboxylic acids is 4. The first-order valence-corrected chi connectivity index (χ1v) is 17.4. The summed E-state index contributed by atoms with van der Waals surface area (Å²) in [5, 5.41) is 27.5. The molecule has 0 spiro atoms. The first-order chi connectivity index (χ1) is 25.1. The van der Waals surface area contributed by atoms with Crippen LogP contribution in [0.25, 0.3) is 0 Å². The van der Waals surface area contributed by atoms with Crippen molar-refractivity contribution >= 4 is 46.3 Å². The Labute approximate surface area is 300 Å². The van der Waals surface area contributed by atoms with Crippen molar-refractivity contribution in [2.24, 2.45) is 0 Å². The lowest BCUT2D eigenvalue weighted by Crippen LogP contribution is -2.25. The molecule has 272 valence electrons. The van der Waals surface area contributed by atoms with Gasteiger partial charge in [0, 0.05) is 11.4 Å². The Morgan fingerprint density at radius 3 is 1.69 bits per heavy atom. The monoisotopic (exact) mass is 712 g/mol. The quantitative estimate of drug-likeness (QED) is 0.0441. The number of unbranched alkanes of at least 4 members (excludes halogenated alkanes) is 5. The molecule has 4 N–H and O–H groups in total. The highest BCUT2D eigenvalue weighted by Gasteiger charge is 2.42. The van der Waals surface area contributed by atoms with E-state index >= 15 is 4.39 Å². The highest BCUT2D eigenvalue weighted by Crippen LogP contribution is 2.49. The van der Waals surface area contributed by atoms with Gasteiger partial charge in [-0.15, -0.1) is 0 Å². The molecule has 0 saturated carbocycles. The topological polar surface area (TPSA) is 160 Å². The number of hydrogen-bond acceptors (Lipinski definition) is 11. The molecule has 0 bridgehead atoms. The van der Waals surface area contributed by atoms with Crippen LogP contribution in [0.15, 0.2) is 60.7 Å². The number of esters is 2. The first-order valence-electron chi connectivity index (χ1n) is 17.4. The van der Waals surface area contributed by atoms with Crippen molar-refractivity contribution in [3.8, 4) is 17.2 Å². The van der Waals surface area contributed by atoms with Gasteiger partial charge in [0.15, 0.2) is 11.6 Å². The van der Waals surface area contributed by atoms with Gasteiger partial charge in [-0.25, -0.2) is 14.0 Å². The zero-order valence-corrected chi connectivity index (χ0v) is 29.3. The molecule has 0 atom stereocenters. The van der Waals surface area contributed by atoms with Crippen LogP contribution in [0.4, 0.5) is 27.1 Å². The number of hydrogen-bond donors (Lipinski definition) is 4. The van der Waals surface area contributed by atoms with Crippen molar-refractivity contribution in [1.82, 2.24) is 0 Å². The number of benzene rings is 4. The minimum absolute atomic E-state index is 0.0832. The third-order valence-corrected chi connectivity index (χ3v) is 8.49. The van der Waals surface area contributed by atoms with Gasteiger partial charge in [0.25, 0.3) is 0 Å². The van der Waals surface area contributed by atoms with Crippen LogP contribution in [-0.2, 0) is 9.47 Å². The van der Waals surface area contributed by atoms with E-state index in [9.17, 15) is 29.4 Å². The van der Waals surface area contributed by atoms with Crippen molar-refractivity contribution in [3.05, 3.63) is 99.9 Å². The number of phenolic OH excluding ortho intramolecular Hbond substituents is 2. The van der Waals surface area contributed by atoms with Crippen molar-refractivity contribution in [2.45, 2.75) is 59.3 Å². The molecule has 0 saturated heterocycles. The molecule has 1 aliphatic carbocycles. The van der Waals surface area contributed by atoms with Crippen LogP contribution >= 0.6 is 0 Å². The number of nitrogens with one attached hydrogen (secondary N) is 2. The summed E-state index contributed by atoms with van der Waals surface area (Å²) < 4.78 is 33.7. The number of carbonyl (C=O) groups is 4. The van der Waals surface area contributed by atoms with Crippen LogP contribution in [0.2, 0.25) is 0 Å². The molecular weight excluding hydrogens is 671 g/mol. The number of rotatable bonds is 16. The normalized spacial score (nSPS) is 11.8. The number of fused-ring (bicyclic) bond motifs is 2. The van der Waals surface area contributed by atoms with Crippen LogP contribution in [-0.4, -0.2) is 53.5 Å². The summed E-state index contributed by atoms with van der Waals surface area (Å²) in [6.07, 6.45) is 5.53. The van der Waals surface area contributed by atoms with E-state index < -0.39 is 63.1 Å². The standard InChI is InChI=1S/C40H41FN2O9/c1-4-7-8-9-10-11-20-52-38-32-31(36(46)29-27(44)18-19-28(45)30(29)37(32)47)33(41)34(42-25-16-12-14-23(21-25)39(48)50-5-2)35(38)43-26-17-13-15-24(22-26)40(49)51-6-3/h12-19,21-22,42-45H,4-11,20H2,1-3H3. The molecule has 4 aromatic rings. The Bertz CT molecular complexity index is 2010. The lowest BCUT2D eigenvalue weighted by atomic mass is 9.81. The molecule has 0 fully saturated rings. The highest BCUT2D eigenvalue weighted by molar-refractivity contribution is 6.32. The number of anilines is 4. The van der Waals surface area contributed by atoms with Gasteiger partial charge in [0.1, 0.15) is 22.9 Å². The average Bonchev–Trinajstić information content (AvgIpc) is 3.13. The third kappa shape index (κ3) is 7.85. The average molecular weight is 713 g/mol. The maximum absolute atomic E-state index is 17.1. The predicted molar refractivity (Wildman–Crippen MR) is 193 cm³/mol. The molecule has 1 aliphatic rings. The van der Waals surface area contributed by atoms with Gasteiger partial charge >= 0.3 is 11.9 Å². The van der Waals surface area contributed by atoms with Gasteiger partial charge in [-0.1, -0.05) is 51.2 Å². The van der Waals surface area contributed by atoms with Gasteiger partial charge in [-0.2, -0.15) is 0 Å². The number of ketones is 2. The zero-order chi connectivity index (χ0) is 37.4. The van der Waals surface area contributed by atoms with Crippen LogP contribution in [0.1, 0.15) is 112 Å². The Balaban J connectivity index is 1.72. The fraction of sp³-hybridized carbons (Fsp3) is 0.300. The Morgan fingerprint density at radius 1 is 0.654 bits per heavy atom. The summed E-state index contributed by atoms with van der Waals surface area (Å²) in [6, 6.07) is 14.4. The van der Waals surface area contributed by atoms with Crippen molar-refractivity contribution in [3.63, 3.8) is 0 Å². The molecule has 11 nitrogen and oxygen atoms in total. The molecule has 5 rings (SSSR count). The van der Waals surface area contributed by atoms with Crippen molar-refractivity contribution in [1.29, 1.82) is 0 Å². The van der Waals surface area contributed by atoms with E-state index in [4.69, 9.17) is 14.2 Å². The predicted octanol–water partition coefficient (Wildman–Crippen LogP) is 8.59. The molecule has 0 unspecified atom stereocenters. The number of ether oxygens (including phenoxy) is 3. The van der Waals surface area contributed by atoms with E-state index in [2.05, 4.69) is 17.6 Å². The Morgan fingerprint density at radius 2 is 1.15 bits per heavy atom. The minimum Gasteiger partial charge on any atom is -0.507 e. The van der Waals surface area contributed by atoms with Gasteiger partial charge in [0.2, 0.25) is 11.6 Å². The van der Waals surface area contributed by atoms with E-state index in [1.807, 2.05) is 0 Å². The summed E-state index contributed by atoms with van der Waals surface area (Å²) in [5.41, 5.74) is -1.71. The maximum Gasteiger partial charge on any atom is 0.338 e. The maximum atomic E-state index is 17.1. The second-order valence-electron chi connectivity index (χ2n) is 12.1. The largest absolute Gasteiger partial charge is 0.507 e. The van der Waals surface area contributed by atoms with Gasteiger partial charge in [-0.05, 0) is 68.8 Å². The van der Waals surface area contributed by atoms with Crippen LogP contribution in [0.3, 0.4) is 0 Å². The lowest BCUT2D eigenvalue weighted by Gasteiger charge is -2.27. The van der Waals surface area contributed by atoms with Gasteiger partial charge in [-0.3, -0.25) is 9.59 Å². The summed E-state index contributed by atoms with van der Waals surface area (Å²) in [7, 11) is 0. The molecule has 52 heavy (non-hydrogen) atoms. The second kappa shape index (κ2) is 16.9. The SMILES string of the molecule is CCCCCCCCOc1c(Nc2cccc(C(=O)OCC)c2)c(Nc2cccc(C(=O)OCC)c2)c(F)c2c1C(=O)c1c(O)ccc(O)c1C2=O. The van der Waals surface area contributed by atoms with E-state index in [1.165, 1.54) is 18.2 Å². The van der Waals surface area contributed by atoms with Crippen molar-refractivity contribution < 1.29 is 48.0 Å². The first kappa shape index (κ1) is 37.3. The molecule has 4 aromatic carbocycles. The highest BCUT2D eigenvalue weighted by atomic mass is 19.1. The fourth-order valence-electron chi connectivity index (χ4n) is 6.02. The van der Waals surface area contributed by atoms with Crippen LogP contribution < -0.4 is 15.4 Å². The summed E-state index contributed by atoms with van der Waals surface area (Å²) in [5.74, 6) is -5.73. The number of phenols is 2. The minimum atomic E-state index is -1.17. The van der Waals surface area contributed by atoms with E-state index in [1.54, 1.807) is 44.2 Å². The summed E-state index contributed by atoms with van der Waals surface area (Å²) in [4.78, 5) is 53.5. The zero-order valence-electron chi connectivity index (χ0n) is 29.3. The van der Waals surface area contributed by atoms with Gasteiger partial charge < -0.3 is 35.1 Å². The Hall–Kier alpha value is -5.91. The van der Waals surface area contributed by atoms with Crippen molar-refractivity contribution in [2.75, 3.05) is 30.5 Å². The van der Waals surface area contributed by atoms with Gasteiger partial charge in [0.05, 0.1) is 53.2 Å². The molecule has 0 amide bonds. The Kier molecular flexibility index (Phi) is 12.1. The van der Waals surface area contributed by atoms with E-state index in [0.717, 1.165) is 44.2 Å². The fourth-order valence-corrected chi connectivity index (χ4v) is 6.02. The van der Waals surface area contributed by atoms with E-state index in [0.29, 0.717) is 6.42 Å². The number of aromatic hydroxyl groups is 2. The number of halogens is 1. The van der Waals surface area contributed by atoms with E-state index in [-0.39, 0.29) is 59.4 Å². The summed E-state index contributed by atoms with van der Waals surface area (Å²) >= 11 is 0. The molecule has 0 aliphatic heterocycles. The molecule has 0 aromatic heterocycles. The third-order valence-electron chi connectivity index (χ3n) is 8.49. The summed E-state index contributed by atoms with van der Waals surface area (Å²) in [6.45, 7) is 5.81. The molecule has 12 heteroatoms.